The van der Waals surface area contributed by atoms with Gasteiger partial charge in [0.15, 0.2) is 5.69 Å². The number of aromatic nitrogens is 2. The predicted octanol–water partition coefficient (Wildman–Crippen LogP) is 3.21. The van der Waals surface area contributed by atoms with E-state index in [2.05, 4.69) is 10.4 Å². The standard InChI is InChI=1S/C22H24F2N4O2/c1-27(13-17-4-3-9-30-17)22(29)21-18-11-16(7-8-20(18)28(2)26-21)25-12-14-5-6-15(23)10-19(14)24/h3-6,9-10,16,25H,7-8,11-13H2,1-2H3. The van der Waals surface area contributed by atoms with Crippen molar-refractivity contribution in [1.82, 2.24) is 20.0 Å². The van der Waals surface area contributed by atoms with Crippen molar-refractivity contribution in [2.45, 2.75) is 38.4 Å². The van der Waals surface area contributed by atoms with Crippen molar-refractivity contribution in [2.24, 2.45) is 7.05 Å². The van der Waals surface area contributed by atoms with Gasteiger partial charge in [-0.05, 0) is 37.5 Å². The van der Waals surface area contributed by atoms with Crippen molar-refractivity contribution >= 4 is 5.91 Å². The molecule has 1 atom stereocenters. The summed E-state index contributed by atoms with van der Waals surface area (Å²) in [4.78, 5) is 14.6. The van der Waals surface area contributed by atoms with Gasteiger partial charge < -0.3 is 14.6 Å². The van der Waals surface area contributed by atoms with Gasteiger partial charge in [-0.2, -0.15) is 5.10 Å². The largest absolute Gasteiger partial charge is 0.467 e. The number of carbonyl (C=O) groups is 1. The molecular weight excluding hydrogens is 390 g/mol. The van der Waals surface area contributed by atoms with Crippen LogP contribution in [0.1, 0.15) is 39.5 Å². The van der Waals surface area contributed by atoms with E-state index in [0.717, 1.165) is 30.2 Å². The molecule has 6 nitrogen and oxygen atoms in total. The van der Waals surface area contributed by atoms with Crippen LogP contribution in [0.5, 0.6) is 0 Å². The topological polar surface area (TPSA) is 63.3 Å². The van der Waals surface area contributed by atoms with Gasteiger partial charge in [0.2, 0.25) is 0 Å². The van der Waals surface area contributed by atoms with E-state index in [0.29, 0.717) is 36.5 Å². The van der Waals surface area contributed by atoms with Crippen LogP contribution in [0.2, 0.25) is 0 Å². The summed E-state index contributed by atoms with van der Waals surface area (Å²) < 4.78 is 34.1. The molecule has 30 heavy (non-hydrogen) atoms. The number of amides is 1. The summed E-state index contributed by atoms with van der Waals surface area (Å²) in [6.45, 7) is 0.663. The molecule has 158 valence electrons. The Morgan fingerprint density at radius 3 is 2.93 bits per heavy atom. The third-order valence-corrected chi connectivity index (χ3v) is 5.57. The Labute approximate surface area is 173 Å². The van der Waals surface area contributed by atoms with Crippen LogP contribution in [0.15, 0.2) is 41.0 Å². The van der Waals surface area contributed by atoms with Crippen LogP contribution in [-0.4, -0.2) is 33.7 Å². The Bertz CT molecular complexity index is 1050. The lowest BCUT2D eigenvalue weighted by Gasteiger charge is -2.25. The molecular formula is C22H24F2N4O2. The normalized spacial score (nSPS) is 15.8. The molecule has 2 aromatic heterocycles. The maximum atomic E-state index is 13.9. The fourth-order valence-corrected chi connectivity index (χ4v) is 3.94. The zero-order valence-electron chi connectivity index (χ0n) is 17.0. The number of hydrogen-bond acceptors (Lipinski definition) is 4. The highest BCUT2D eigenvalue weighted by atomic mass is 19.1. The maximum Gasteiger partial charge on any atom is 0.274 e. The lowest BCUT2D eigenvalue weighted by Crippen LogP contribution is -2.35. The molecule has 8 heteroatoms. The summed E-state index contributed by atoms with van der Waals surface area (Å²) in [5.74, 6) is -0.600. The molecule has 1 N–H and O–H groups in total. The van der Waals surface area contributed by atoms with Crippen molar-refractivity contribution in [1.29, 1.82) is 0 Å². The first-order valence-electron chi connectivity index (χ1n) is 9.92. The van der Waals surface area contributed by atoms with Crippen molar-refractivity contribution in [3.8, 4) is 0 Å². The Morgan fingerprint density at radius 1 is 1.37 bits per heavy atom. The first-order valence-corrected chi connectivity index (χ1v) is 9.92. The molecule has 0 aliphatic heterocycles. The lowest BCUT2D eigenvalue weighted by molar-refractivity contribution is 0.0767. The van der Waals surface area contributed by atoms with E-state index >= 15 is 0 Å². The minimum Gasteiger partial charge on any atom is -0.467 e. The molecule has 2 heterocycles. The van der Waals surface area contributed by atoms with Gasteiger partial charge in [0.05, 0.1) is 12.8 Å². The van der Waals surface area contributed by atoms with E-state index in [1.54, 1.807) is 29.0 Å². The smallest absolute Gasteiger partial charge is 0.274 e. The fourth-order valence-electron chi connectivity index (χ4n) is 3.94. The Hall–Kier alpha value is -3.00. The minimum atomic E-state index is -0.587. The third kappa shape index (κ3) is 4.14. The summed E-state index contributed by atoms with van der Waals surface area (Å²) in [5, 5.41) is 7.83. The lowest BCUT2D eigenvalue weighted by atomic mass is 9.91. The van der Waals surface area contributed by atoms with E-state index in [-0.39, 0.29) is 11.9 Å². The number of carbonyl (C=O) groups excluding carboxylic acids is 1. The molecule has 0 bridgehead atoms. The highest BCUT2D eigenvalue weighted by molar-refractivity contribution is 5.94. The number of rotatable bonds is 6. The molecule has 0 radical (unpaired) electrons. The number of aryl methyl sites for hydroxylation is 1. The SMILES string of the molecule is CN(Cc1ccco1)C(=O)c1nn(C)c2c1CC(NCc1ccc(F)cc1F)CC2. The van der Waals surface area contributed by atoms with Gasteiger partial charge in [0, 0.05) is 49.6 Å². The molecule has 0 spiro atoms. The first-order chi connectivity index (χ1) is 14.4. The van der Waals surface area contributed by atoms with Crippen molar-refractivity contribution in [3.63, 3.8) is 0 Å². The van der Waals surface area contributed by atoms with Gasteiger partial charge in [-0.3, -0.25) is 9.48 Å². The van der Waals surface area contributed by atoms with Gasteiger partial charge >= 0.3 is 0 Å². The third-order valence-electron chi connectivity index (χ3n) is 5.57. The highest BCUT2D eigenvalue weighted by Gasteiger charge is 2.29. The monoisotopic (exact) mass is 414 g/mol. The first kappa shape index (κ1) is 20.3. The second kappa shape index (κ2) is 8.39. The molecule has 1 aliphatic rings. The van der Waals surface area contributed by atoms with Crippen LogP contribution < -0.4 is 5.32 Å². The zero-order valence-corrected chi connectivity index (χ0v) is 17.0. The van der Waals surface area contributed by atoms with Crippen molar-refractivity contribution in [3.05, 3.63) is 76.5 Å². The second-order valence-electron chi connectivity index (χ2n) is 7.69. The van der Waals surface area contributed by atoms with Gasteiger partial charge in [-0.1, -0.05) is 6.07 Å². The summed E-state index contributed by atoms with van der Waals surface area (Å²) in [5.41, 5.74) is 2.84. The van der Waals surface area contributed by atoms with Crippen LogP contribution in [0, 0.1) is 11.6 Å². The van der Waals surface area contributed by atoms with Crippen LogP contribution >= 0.6 is 0 Å². The predicted molar refractivity (Wildman–Crippen MR) is 107 cm³/mol. The summed E-state index contributed by atoms with van der Waals surface area (Å²) in [7, 11) is 3.57. The number of nitrogens with one attached hydrogen (secondary N) is 1. The average molecular weight is 414 g/mol. The fraction of sp³-hybridized carbons (Fsp3) is 0.364. The molecule has 0 fully saturated rings. The molecule has 1 aliphatic carbocycles. The summed E-state index contributed by atoms with van der Waals surface area (Å²) in [6, 6.07) is 7.29. The Kier molecular flexibility index (Phi) is 5.67. The number of nitrogens with zero attached hydrogens (tertiary/aromatic N) is 3. The van der Waals surface area contributed by atoms with Gasteiger partial charge in [0.25, 0.3) is 5.91 Å². The van der Waals surface area contributed by atoms with E-state index in [9.17, 15) is 13.6 Å². The van der Waals surface area contributed by atoms with Crippen molar-refractivity contribution < 1.29 is 18.0 Å². The van der Waals surface area contributed by atoms with E-state index in [1.165, 1.54) is 12.1 Å². The summed E-state index contributed by atoms with van der Waals surface area (Å²) >= 11 is 0. The van der Waals surface area contributed by atoms with E-state index in [1.807, 2.05) is 13.1 Å². The van der Waals surface area contributed by atoms with Crippen LogP contribution in [0.4, 0.5) is 8.78 Å². The minimum absolute atomic E-state index is 0.0769. The average Bonchev–Trinajstić information content (AvgIpc) is 3.34. The van der Waals surface area contributed by atoms with Gasteiger partial charge in [-0.15, -0.1) is 0 Å². The number of benzene rings is 1. The molecule has 1 aromatic carbocycles. The van der Waals surface area contributed by atoms with Gasteiger partial charge in [0.1, 0.15) is 17.4 Å². The molecule has 1 amide bonds. The molecule has 1 unspecified atom stereocenters. The number of hydrogen-bond donors (Lipinski definition) is 1. The quantitative estimate of drug-likeness (QED) is 0.673. The van der Waals surface area contributed by atoms with E-state index in [4.69, 9.17) is 4.42 Å². The molecule has 3 aromatic rings. The van der Waals surface area contributed by atoms with Crippen LogP contribution in [0.3, 0.4) is 0 Å². The van der Waals surface area contributed by atoms with E-state index < -0.39 is 11.6 Å². The second-order valence-corrected chi connectivity index (χ2v) is 7.69. The number of halogens is 2. The van der Waals surface area contributed by atoms with Crippen LogP contribution in [0.25, 0.3) is 0 Å². The number of fused-ring (bicyclic) bond motifs is 1. The molecule has 0 saturated carbocycles. The summed E-state index contributed by atoms with van der Waals surface area (Å²) in [6.07, 6.45) is 3.83. The Morgan fingerprint density at radius 2 is 2.20 bits per heavy atom. The number of furan rings is 1. The van der Waals surface area contributed by atoms with Gasteiger partial charge in [-0.25, -0.2) is 8.78 Å². The maximum absolute atomic E-state index is 13.9. The molecule has 4 rings (SSSR count). The van der Waals surface area contributed by atoms with Crippen LogP contribution in [-0.2, 0) is 33.0 Å². The Balaban J connectivity index is 1.46. The highest BCUT2D eigenvalue weighted by Crippen LogP contribution is 2.26. The van der Waals surface area contributed by atoms with Crippen molar-refractivity contribution in [2.75, 3.05) is 7.05 Å². The molecule has 0 saturated heterocycles. The zero-order chi connectivity index (χ0) is 21.3.